The Morgan fingerprint density at radius 1 is 1.10 bits per heavy atom. The molecule has 2 aromatic heterocycles. The number of fused-ring (bicyclic) bond motifs is 6. The van der Waals surface area contributed by atoms with Gasteiger partial charge in [-0.2, -0.15) is 0 Å². The summed E-state index contributed by atoms with van der Waals surface area (Å²) in [4.78, 5) is 62.2. The molecule has 13 nitrogen and oxygen atoms in total. The van der Waals surface area contributed by atoms with Crippen LogP contribution in [0.1, 0.15) is 90.5 Å². The van der Waals surface area contributed by atoms with E-state index in [1.54, 1.807) is 19.2 Å². The van der Waals surface area contributed by atoms with E-state index in [-0.39, 0.29) is 48.5 Å². The van der Waals surface area contributed by atoms with Crippen LogP contribution >= 0.6 is 0 Å². The summed E-state index contributed by atoms with van der Waals surface area (Å²) in [7, 11) is 1.61. The van der Waals surface area contributed by atoms with Crippen LogP contribution in [0.15, 0.2) is 54.7 Å². The van der Waals surface area contributed by atoms with E-state index in [1.165, 1.54) is 9.91 Å². The summed E-state index contributed by atoms with van der Waals surface area (Å²) in [6.45, 7) is 15.5. The van der Waals surface area contributed by atoms with Crippen molar-refractivity contribution in [1.29, 1.82) is 0 Å². The molecule has 3 amide bonds. The number of hydrazine groups is 1. The lowest BCUT2D eigenvalue weighted by molar-refractivity contribution is -0.155. The Morgan fingerprint density at radius 3 is 2.53 bits per heavy atom. The molecule has 0 unspecified atom stereocenters. The highest BCUT2D eigenvalue weighted by molar-refractivity contribution is 5.96. The average Bonchev–Trinajstić information content (AvgIpc) is 3.87. The average molecular weight is 820 g/mol. The van der Waals surface area contributed by atoms with Gasteiger partial charge in [-0.3, -0.25) is 29.2 Å². The van der Waals surface area contributed by atoms with Gasteiger partial charge in [0, 0.05) is 60.7 Å². The number of hydrogen-bond acceptors (Lipinski definition) is 9. The number of carbonyl (C=O) groups excluding carboxylic acids is 4. The van der Waals surface area contributed by atoms with Crippen molar-refractivity contribution in [3.8, 4) is 28.1 Å². The number of nitrogens with one attached hydrogen (secondary N) is 2. The number of hydrogen-bond donors (Lipinski definition) is 4. The van der Waals surface area contributed by atoms with Gasteiger partial charge in [-0.1, -0.05) is 53.7 Å². The van der Waals surface area contributed by atoms with Crippen LogP contribution < -0.4 is 16.5 Å². The molecule has 5 atom stereocenters. The predicted octanol–water partition coefficient (Wildman–Crippen LogP) is 5.70. The van der Waals surface area contributed by atoms with E-state index in [0.29, 0.717) is 44.3 Å². The number of nitrogens with zero attached hydrogens (tertiary/aromatic N) is 4. The van der Waals surface area contributed by atoms with Gasteiger partial charge in [0.2, 0.25) is 11.8 Å². The van der Waals surface area contributed by atoms with Gasteiger partial charge in [-0.15, -0.1) is 0 Å². The number of aromatic nitrogens is 2. The van der Waals surface area contributed by atoms with Gasteiger partial charge in [0.1, 0.15) is 23.9 Å². The molecule has 3 aliphatic rings. The predicted molar refractivity (Wildman–Crippen MR) is 231 cm³/mol. The molecule has 6 bridgehead atoms. The monoisotopic (exact) mass is 819 g/mol. The van der Waals surface area contributed by atoms with Gasteiger partial charge in [0.25, 0.3) is 5.91 Å². The second-order valence-electron chi connectivity index (χ2n) is 18.5. The largest absolute Gasteiger partial charge is 0.508 e. The summed E-state index contributed by atoms with van der Waals surface area (Å²) in [6, 6.07) is 12.7. The maximum absolute atomic E-state index is 14.6. The third-order valence-electron chi connectivity index (χ3n) is 12.3. The van der Waals surface area contributed by atoms with Crippen LogP contribution in [-0.4, -0.2) is 92.6 Å². The summed E-state index contributed by atoms with van der Waals surface area (Å²) in [5.41, 5.74) is 16.2. The van der Waals surface area contributed by atoms with Gasteiger partial charge in [-0.05, 0) is 103 Å². The highest BCUT2D eigenvalue weighted by Crippen LogP contribution is 2.42. The van der Waals surface area contributed by atoms with Crippen LogP contribution in [0.5, 0.6) is 5.75 Å². The molecular formula is C47H61N7O6. The molecule has 1 saturated carbocycles. The maximum Gasteiger partial charge on any atom is 0.324 e. The number of phenols is 1. The highest BCUT2D eigenvalue weighted by atomic mass is 16.5. The molecule has 0 radical (unpaired) electrons. The number of aromatic hydroxyl groups is 1. The molecule has 4 heterocycles. The van der Waals surface area contributed by atoms with Crippen LogP contribution in [0.25, 0.3) is 33.3 Å². The van der Waals surface area contributed by atoms with Crippen LogP contribution in [0.2, 0.25) is 0 Å². The zero-order valence-electron chi connectivity index (χ0n) is 36.2. The normalized spacial score (nSPS) is 22.4. The number of benzene rings is 2. The zero-order valence-corrected chi connectivity index (χ0v) is 36.2. The van der Waals surface area contributed by atoms with E-state index in [0.717, 1.165) is 44.5 Å². The number of pyridine rings is 1. The second kappa shape index (κ2) is 17.0. The van der Waals surface area contributed by atoms with Gasteiger partial charge >= 0.3 is 5.97 Å². The Kier molecular flexibility index (Phi) is 12.1. The molecule has 60 heavy (non-hydrogen) atoms. The molecule has 2 fully saturated rings. The second-order valence-corrected chi connectivity index (χ2v) is 18.5. The molecule has 1 saturated heterocycles. The van der Waals surface area contributed by atoms with Crippen molar-refractivity contribution in [3.05, 3.63) is 71.5 Å². The first-order valence-corrected chi connectivity index (χ1v) is 21.5. The summed E-state index contributed by atoms with van der Waals surface area (Å²) >= 11 is 0. The summed E-state index contributed by atoms with van der Waals surface area (Å²) in [5, 5.41) is 16.7. The molecule has 0 spiro atoms. The molecular weight excluding hydrogens is 759 g/mol. The lowest BCUT2D eigenvalue weighted by Crippen LogP contribution is -2.62. The minimum absolute atomic E-state index is 0.0182. The van der Waals surface area contributed by atoms with Crippen LogP contribution in [0, 0.1) is 17.3 Å². The summed E-state index contributed by atoms with van der Waals surface area (Å²) < 4.78 is 8.43. The molecule has 320 valence electrons. The Hall–Kier alpha value is -5.27. The fourth-order valence-corrected chi connectivity index (χ4v) is 9.17. The number of cyclic esters (lactones) is 1. The van der Waals surface area contributed by atoms with Crippen molar-refractivity contribution in [2.24, 2.45) is 23.0 Å². The molecule has 7 rings (SSSR count). The summed E-state index contributed by atoms with van der Waals surface area (Å²) in [5.74, 6) is -1.98. The van der Waals surface area contributed by atoms with Crippen molar-refractivity contribution in [2.45, 2.75) is 117 Å². The number of esters is 1. The fourth-order valence-electron chi connectivity index (χ4n) is 9.17. The standard InChI is InChI=1S/C47H61N7O6/c1-9-53-39-15-14-29-22-33(39)35(42(53)32-12-10-16-49-40(32)26(2)3)24-47(6,7)25-60-46(59)37-13-11-17-54(51-37)45(58)38(20-28-18-30(29)21-31(55)19-28)50-43(56)41(27(4)5)52(8)44(57)34-23-36(34)48/h10,12,14-16,18-19,21-22,26-27,34,36-38,41,51,55H,9,11,13,17,20,23-25,48H2,1-8H3,(H,50,56)/t34-,36+,37-,38-,41-/m0/s1. The van der Waals surface area contributed by atoms with Crippen LogP contribution in [0.4, 0.5) is 0 Å². The van der Waals surface area contributed by atoms with E-state index >= 15 is 0 Å². The van der Waals surface area contributed by atoms with Crippen molar-refractivity contribution < 1.29 is 29.0 Å². The molecule has 5 N–H and O–H groups in total. The Labute approximate surface area is 353 Å². The van der Waals surface area contributed by atoms with E-state index in [2.05, 4.69) is 68.1 Å². The third-order valence-corrected chi connectivity index (χ3v) is 12.3. The minimum atomic E-state index is -1.11. The van der Waals surface area contributed by atoms with E-state index in [1.807, 2.05) is 38.2 Å². The number of nitrogens with two attached hydrogens (primary N) is 1. The van der Waals surface area contributed by atoms with Crippen LogP contribution in [0.3, 0.4) is 0 Å². The van der Waals surface area contributed by atoms with E-state index < -0.39 is 41.3 Å². The van der Waals surface area contributed by atoms with E-state index in [4.69, 9.17) is 15.5 Å². The molecule has 13 heteroatoms. The van der Waals surface area contributed by atoms with Crippen molar-refractivity contribution in [1.82, 2.24) is 30.2 Å². The summed E-state index contributed by atoms with van der Waals surface area (Å²) in [6.07, 6.45) is 4.04. The van der Waals surface area contributed by atoms with Crippen molar-refractivity contribution in [3.63, 3.8) is 0 Å². The molecule has 1 aliphatic carbocycles. The lowest BCUT2D eigenvalue weighted by Gasteiger charge is -2.36. The quantitative estimate of drug-likeness (QED) is 0.163. The van der Waals surface area contributed by atoms with Gasteiger partial charge in [0.05, 0.1) is 23.9 Å². The smallest absolute Gasteiger partial charge is 0.324 e. The van der Waals surface area contributed by atoms with Gasteiger partial charge in [-0.25, -0.2) is 5.43 Å². The number of aryl methyl sites for hydroxylation is 1. The molecule has 2 aliphatic heterocycles. The Balaban J connectivity index is 1.35. The number of ether oxygens (including phenoxy) is 1. The van der Waals surface area contributed by atoms with Gasteiger partial charge < -0.3 is 30.4 Å². The first kappa shape index (κ1) is 42.8. The number of amides is 3. The van der Waals surface area contributed by atoms with Crippen molar-refractivity contribution >= 4 is 34.6 Å². The maximum atomic E-state index is 14.6. The van der Waals surface area contributed by atoms with Crippen LogP contribution in [-0.2, 0) is 43.3 Å². The SMILES string of the molecule is CCn1c(-c2cccnc2C(C)C)c2c3cc(ccc31)-c1cc(O)cc(c1)C[C@H](NC(=O)[C@H](C(C)C)N(C)C(=O)[C@H]1C[C@H]1N)C(=O)N1CCC[C@H](N1)C(=O)OCC(C)(C)C2. The fraction of sp³-hybridized carbons (Fsp3) is 0.511. The molecule has 2 aromatic carbocycles. The lowest BCUT2D eigenvalue weighted by atomic mass is 9.83. The Morgan fingerprint density at radius 2 is 1.85 bits per heavy atom. The number of rotatable bonds is 8. The van der Waals surface area contributed by atoms with Crippen molar-refractivity contribution in [2.75, 3.05) is 20.2 Å². The highest BCUT2D eigenvalue weighted by Gasteiger charge is 2.45. The topological polar surface area (TPSA) is 172 Å². The number of phenolic OH excluding ortho intramolecular Hbond substituents is 1. The number of carbonyl (C=O) groups is 4. The number of likely N-dealkylation sites (N-methyl/N-ethyl adjacent to an activating group) is 1. The van der Waals surface area contributed by atoms with E-state index in [9.17, 15) is 24.3 Å². The zero-order chi connectivity index (χ0) is 43.2. The molecule has 4 aromatic rings. The third kappa shape index (κ3) is 8.65. The Bertz CT molecular complexity index is 2300. The van der Waals surface area contributed by atoms with Gasteiger partial charge in [0.15, 0.2) is 0 Å². The first-order chi connectivity index (χ1) is 28.5. The minimum Gasteiger partial charge on any atom is -0.508 e. The first-order valence-electron chi connectivity index (χ1n) is 21.5.